The lowest BCUT2D eigenvalue weighted by Crippen LogP contribution is -2.15. The van der Waals surface area contributed by atoms with E-state index in [1.54, 1.807) is 30.0 Å². The summed E-state index contributed by atoms with van der Waals surface area (Å²) in [5, 5.41) is 0. The van der Waals surface area contributed by atoms with Gasteiger partial charge >= 0.3 is 11.9 Å². The van der Waals surface area contributed by atoms with Gasteiger partial charge in [-0.25, -0.2) is 9.59 Å². The normalized spacial score (nSPS) is 10.3. The van der Waals surface area contributed by atoms with E-state index >= 15 is 0 Å². The molecule has 0 aliphatic rings. The highest BCUT2D eigenvalue weighted by Gasteiger charge is 2.30. The van der Waals surface area contributed by atoms with Crippen molar-refractivity contribution < 1.29 is 23.8 Å². The lowest BCUT2D eigenvalue weighted by Gasteiger charge is -2.12. The van der Waals surface area contributed by atoms with Crippen molar-refractivity contribution in [1.29, 1.82) is 0 Å². The van der Waals surface area contributed by atoms with Gasteiger partial charge in [-0.2, -0.15) is 0 Å². The van der Waals surface area contributed by atoms with E-state index in [9.17, 15) is 9.59 Å². The third kappa shape index (κ3) is 3.29. The number of hydrogen-bond acceptors (Lipinski definition) is 5. The van der Waals surface area contributed by atoms with Crippen LogP contribution in [-0.2, 0) is 9.47 Å². The molecule has 0 aliphatic carbocycles. The maximum Gasteiger partial charge on any atom is 0.355 e. The quantitative estimate of drug-likeness (QED) is 0.645. The lowest BCUT2D eigenvalue weighted by molar-refractivity contribution is 0.0550. The fourth-order valence-electron chi connectivity index (χ4n) is 2.97. The standard InChI is InChI=1S/C21H19NO5/c1-25-17-12-8-7-11-16(17)22-13-15(14-9-5-4-6-10-14)18(20(23)26-2)19(22)21(24)27-3/h4-13H,1-3H3. The molecule has 3 rings (SSSR count). The molecule has 138 valence electrons. The van der Waals surface area contributed by atoms with Gasteiger partial charge in [0.05, 0.1) is 27.0 Å². The summed E-state index contributed by atoms with van der Waals surface area (Å²) in [6.07, 6.45) is 1.71. The smallest absolute Gasteiger partial charge is 0.355 e. The Morgan fingerprint density at radius 2 is 1.44 bits per heavy atom. The third-order valence-corrected chi connectivity index (χ3v) is 4.20. The molecule has 0 bridgehead atoms. The van der Waals surface area contributed by atoms with Gasteiger partial charge in [-0.15, -0.1) is 0 Å². The predicted molar refractivity (Wildman–Crippen MR) is 100 cm³/mol. The molecule has 6 nitrogen and oxygen atoms in total. The largest absolute Gasteiger partial charge is 0.495 e. The number of para-hydroxylation sites is 2. The Bertz CT molecular complexity index is 975. The lowest BCUT2D eigenvalue weighted by atomic mass is 10.0. The highest BCUT2D eigenvalue weighted by molar-refractivity contribution is 6.08. The molecule has 0 amide bonds. The maximum absolute atomic E-state index is 12.6. The van der Waals surface area contributed by atoms with Gasteiger partial charge in [0.1, 0.15) is 17.0 Å². The zero-order valence-corrected chi connectivity index (χ0v) is 15.3. The van der Waals surface area contributed by atoms with E-state index in [-0.39, 0.29) is 11.3 Å². The molecular formula is C21H19NO5. The van der Waals surface area contributed by atoms with Crippen molar-refractivity contribution in [3.8, 4) is 22.6 Å². The molecular weight excluding hydrogens is 346 g/mol. The number of methoxy groups -OCH3 is 3. The Labute approximate surface area is 156 Å². The number of ether oxygens (including phenoxy) is 3. The molecule has 6 heteroatoms. The van der Waals surface area contributed by atoms with Gasteiger partial charge in [-0.05, 0) is 17.7 Å². The molecule has 0 saturated heterocycles. The Kier molecular flexibility index (Phi) is 5.26. The van der Waals surface area contributed by atoms with Gasteiger partial charge in [0.25, 0.3) is 0 Å². The number of carbonyl (C=O) groups is 2. The molecule has 0 N–H and O–H groups in total. The van der Waals surface area contributed by atoms with Crippen LogP contribution in [0.2, 0.25) is 0 Å². The monoisotopic (exact) mass is 365 g/mol. The summed E-state index contributed by atoms with van der Waals surface area (Å²) in [6, 6.07) is 16.5. The van der Waals surface area contributed by atoms with E-state index in [0.29, 0.717) is 17.0 Å². The van der Waals surface area contributed by atoms with Crippen LogP contribution in [0.25, 0.3) is 16.8 Å². The second kappa shape index (κ2) is 7.78. The van der Waals surface area contributed by atoms with Crippen LogP contribution < -0.4 is 4.74 Å². The van der Waals surface area contributed by atoms with Crippen LogP contribution in [0.5, 0.6) is 5.75 Å². The first-order valence-corrected chi connectivity index (χ1v) is 8.23. The number of aromatic nitrogens is 1. The number of esters is 2. The number of carbonyl (C=O) groups excluding carboxylic acids is 2. The molecule has 2 aromatic carbocycles. The third-order valence-electron chi connectivity index (χ3n) is 4.20. The zero-order chi connectivity index (χ0) is 19.4. The Morgan fingerprint density at radius 3 is 2.07 bits per heavy atom. The number of nitrogens with zero attached hydrogens (tertiary/aromatic N) is 1. The number of benzene rings is 2. The van der Waals surface area contributed by atoms with Crippen molar-refractivity contribution in [3.63, 3.8) is 0 Å². The van der Waals surface area contributed by atoms with Crippen LogP contribution in [0.3, 0.4) is 0 Å². The number of rotatable bonds is 5. The van der Waals surface area contributed by atoms with E-state index < -0.39 is 11.9 Å². The van der Waals surface area contributed by atoms with Crippen LogP contribution in [-0.4, -0.2) is 37.8 Å². The molecule has 0 radical (unpaired) electrons. The minimum absolute atomic E-state index is 0.0766. The van der Waals surface area contributed by atoms with Crippen LogP contribution in [0.15, 0.2) is 60.8 Å². The summed E-state index contributed by atoms with van der Waals surface area (Å²) in [6.45, 7) is 0. The summed E-state index contributed by atoms with van der Waals surface area (Å²) in [5.74, 6) is -0.722. The SMILES string of the molecule is COC(=O)c1c(-c2ccccc2)cn(-c2ccccc2OC)c1C(=O)OC. The molecule has 0 saturated carbocycles. The van der Waals surface area contributed by atoms with Crippen LogP contribution >= 0.6 is 0 Å². The van der Waals surface area contributed by atoms with Crippen molar-refractivity contribution >= 4 is 11.9 Å². The molecule has 1 aromatic heterocycles. The van der Waals surface area contributed by atoms with Crippen LogP contribution in [0.4, 0.5) is 0 Å². The molecule has 0 spiro atoms. The van der Waals surface area contributed by atoms with E-state index in [0.717, 1.165) is 5.56 Å². The molecule has 0 atom stereocenters. The van der Waals surface area contributed by atoms with Crippen molar-refractivity contribution in [1.82, 2.24) is 4.57 Å². The van der Waals surface area contributed by atoms with E-state index in [4.69, 9.17) is 14.2 Å². The second-order valence-corrected chi connectivity index (χ2v) is 5.66. The van der Waals surface area contributed by atoms with Gasteiger partial charge in [-0.1, -0.05) is 42.5 Å². The Hall–Kier alpha value is -3.54. The Morgan fingerprint density at radius 1 is 0.815 bits per heavy atom. The van der Waals surface area contributed by atoms with Crippen LogP contribution in [0, 0.1) is 0 Å². The minimum atomic E-state index is -0.650. The molecule has 1 heterocycles. The first kappa shape index (κ1) is 18.3. The van der Waals surface area contributed by atoms with Crippen molar-refractivity contribution in [3.05, 3.63) is 72.1 Å². The first-order valence-electron chi connectivity index (χ1n) is 8.23. The molecule has 3 aromatic rings. The summed E-state index contributed by atoms with van der Waals surface area (Å²) in [7, 11) is 4.09. The van der Waals surface area contributed by atoms with E-state index in [1.165, 1.54) is 14.2 Å². The average Bonchev–Trinajstić information content (AvgIpc) is 3.13. The first-order chi connectivity index (χ1) is 13.1. The van der Waals surface area contributed by atoms with Gasteiger partial charge in [0, 0.05) is 11.8 Å². The highest BCUT2D eigenvalue weighted by Crippen LogP contribution is 2.34. The average molecular weight is 365 g/mol. The van der Waals surface area contributed by atoms with Crippen LogP contribution in [0.1, 0.15) is 20.8 Å². The predicted octanol–water partition coefficient (Wildman–Crippen LogP) is 3.73. The van der Waals surface area contributed by atoms with Crippen molar-refractivity contribution in [2.75, 3.05) is 21.3 Å². The molecule has 0 unspecified atom stereocenters. The van der Waals surface area contributed by atoms with E-state index in [2.05, 4.69) is 0 Å². The van der Waals surface area contributed by atoms with Gasteiger partial charge in [0.2, 0.25) is 0 Å². The second-order valence-electron chi connectivity index (χ2n) is 5.66. The molecule has 0 aliphatic heterocycles. The summed E-state index contributed by atoms with van der Waals surface area (Å²) < 4.78 is 16.9. The fraction of sp³-hybridized carbons (Fsp3) is 0.143. The van der Waals surface area contributed by atoms with Crippen molar-refractivity contribution in [2.45, 2.75) is 0 Å². The molecule has 0 fully saturated rings. The summed E-state index contributed by atoms with van der Waals surface area (Å²) in [5.41, 5.74) is 2.16. The highest BCUT2D eigenvalue weighted by atomic mass is 16.5. The van der Waals surface area contributed by atoms with Gasteiger partial charge in [-0.3, -0.25) is 0 Å². The molecule has 27 heavy (non-hydrogen) atoms. The van der Waals surface area contributed by atoms with E-state index in [1.807, 2.05) is 42.5 Å². The zero-order valence-electron chi connectivity index (χ0n) is 15.3. The van der Waals surface area contributed by atoms with Gasteiger partial charge < -0.3 is 18.8 Å². The van der Waals surface area contributed by atoms with Crippen molar-refractivity contribution in [2.24, 2.45) is 0 Å². The topological polar surface area (TPSA) is 66.8 Å². The maximum atomic E-state index is 12.6. The summed E-state index contributed by atoms with van der Waals surface area (Å²) in [4.78, 5) is 25.2. The van der Waals surface area contributed by atoms with Gasteiger partial charge in [0.15, 0.2) is 0 Å². The fourth-order valence-corrected chi connectivity index (χ4v) is 2.97. The summed E-state index contributed by atoms with van der Waals surface area (Å²) >= 11 is 0. The number of hydrogen-bond donors (Lipinski definition) is 0. The minimum Gasteiger partial charge on any atom is -0.495 e. The Balaban J connectivity index is 2.38.